The minimum Gasteiger partial charge on any atom is -0.454 e. The Morgan fingerprint density at radius 3 is 2.23 bits per heavy atom. The molecule has 2 heteroatoms. The summed E-state index contributed by atoms with van der Waals surface area (Å²) in [6, 6.07) is 22.8. The van der Waals surface area contributed by atoms with Crippen LogP contribution in [0, 0.1) is 0 Å². The minimum atomic E-state index is 0.661. The fourth-order valence-corrected chi connectivity index (χ4v) is 3.56. The van der Waals surface area contributed by atoms with Gasteiger partial charge in [0.2, 0.25) is 0 Å². The fourth-order valence-electron chi connectivity index (χ4n) is 3.31. The van der Waals surface area contributed by atoms with Crippen molar-refractivity contribution >= 4 is 55.1 Å². The van der Waals surface area contributed by atoms with Crippen LogP contribution in [0.25, 0.3) is 43.5 Å². The Kier molecular flexibility index (Phi) is 2.33. The molecule has 0 amide bonds. The third-order valence-corrected chi connectivity index (χ3v) is 4.59. The molecule has 104 valence electrons. The first-order chi connectivity index (χ1) is 10.8. The van der Waals surface area contributed by atoms with Gasteiger partial charge in [-0.25, -0.2) is 0 Å². The molecular weight excluding hydrogens is 292 g/mol. The molecule has 0 saturated heterocycles. The first kappa shape index (κ1) is 12.1. The predicted molar refractivity (Wildman–Crippen MR) is 93.7 cm³/mol. The molecule has 1 nitrogen and oxygen atoms in total. The van der Waals surface area contributed by atoms with Gasteiger partial charge in [-0.05, 0) is 28.3 Å². The molecule has 1 aromatic heterocycles. The third-order valence-electron chi connectivity index (χ3n) is 4.31. The summed E-state index contributed by atoms with van der Waals surface area (Å²) < 4.78 is 6.17. The summed E-state index contributed by atoms with van der Waals surface area (Å²) in [6.07, 6.45) is 0. The van der Waals surface area contributed by atoms with Crippen molar-refractivity contribution in [2.75, 3.05) is 0 Å². The van der Waals surface area contributed by atoms with Crippen LogP contribution in [0.2, 0.25) is 5.02 Å². The molecule has 0 spiro atoms. The van der Waals surface area contributed by atoms with Gasteiger partial charge >= 0.3 is 0 Å². The number of rotatable bonds is 0. The smallest absolute Gasteiger partial charge is 0.154 e. The molecule has 5 aromatic rings. The number of benzene rings is 4. The molecule has 0 fully saturated rings. The van der Waals surface area contributed by atoms with Crippen LogP contribution in [0.4, 0.5) is 0 Å². The number of fused-ring (bicyclic) bond motifs is 7. The number of halogens is 1. The van der Waals surface area contributed by atoms with Crippen molar-refractivity contribution in [1.29, 1.82) is 0 Å². The van der Waals surface area contributed by atoms with Crippen LogP contribution in [0.15, 0.2) is 71.1 Å². The lowest BCUT2D eigenvalue weighted by atomic mass is 10.0. The van der Waals surface area contributed by atoms with Gasteiger partial charge in [-0.2, -0.15) is 0 Å². The van der Waals surface area contributed by atoms with Crippen molar-refractivity contribution in [3.63, 3.8) is 0 Å². The monoisotopic (exact) mass is 302 g/mol. The maximum absolute atomic E-state index is 6.46. The van der Waals surface area contributed by atoms with Gasteiger partial charge in [-0.15, -0.1) is 0 Å². The van der Waals surface area contributed by atoms with E-state index in [-0.39, 0.29) is 0 Å². The topological polar surface area (TPSA) is 13.1 Å². The summed E-state index contributed by atoms with van der Waals surface area (Å²) >= 11 is 6.46. The molecule has 0 radical (unpaired) electrons. The predicted octanol–water partition coefficient (Wildman–Crippen LogP) is 6.55. The van der Waals surface area contributed by atoms with Crippen molar-refractivity contribution in [2.45, 2.75) is 0 Å². The fraction of sp³-hybridized carbons (Fsp3) is 0. The highest BCUT2D eigenvalue weighted by atomic mass is 35.5. The van der Waals surface area contributed by atoms with E-state index in [0.29, 0.717) is 5.02 Å². The van der Waals surface area contributed by atoms with E-state index in [1.165, 1.54) is 10.8 Å². The molecule has 0 aliphatic carbocycles. The quantitative estimate of drug-likeness (QED) is 0.316. The van der Waals surface area contributed by atoms with Crippen LogP contribution in [0.1, 0.15) is 0 Å². The second-order valence-electron chi connectivity index (χ2n) is 5.55. The maximum atomic E-state index is 6.46. The molecule has 0 bridgehead atoms. The van der Waals surface area contributed by atoms with E-state index in [0.717, 1.165) is 32.7 Å². The standard InChI is InChI=1S/C20H11ClO/c21-17-11-13-6-2-3-7-14(13)18-16-10-9-12-5-1-4-8-15(12)19(16)22-20(17)18/h1-11H. The largest absolute Gasteiger partial charge is 0.454 e. The Morgan fingerprint density at radius 1 is 0.636 bits per heavy atom. The van der Waals surface area contributed by atoms with Crippen LogP contribution in [0.3, 0.4) is 0 Å². The highest BCUT2D eigenvalue weighted by molar-refractivity contribution is 6.39. The Bertz CT molecular complexity index is 1180. The molecule has 0 saturated carbocycles. The van der Waals surface area contributed by atoms with Crippen LogP contribution in [-0.2, 0) is 0 Å². The Morgan fingerprint density at radius 2 is 1.36 bits per heavy atom. The number of furan rings is 1. The van der Waals surface area contributed by atoms with Crippen LogP contribution < -0.4 is 0 Å². The van der Waals surface area contributed by atoms with E-state index in [1.54, 1.807) is 0 Å². The van der Waals surface area contributed by atoms with Crippen LogP contribution >= 0.6 is 11.6 Å². The molecule has 0 aliphatic heterocycles. The van der Waals surface area contributed by atoms with Gasteiger partial charge in [0.05, 0.1) is 5.02 Å². The Labute approximate surface area is 131 Å². The second kappa shape index (κ2) is 4.25. The van der Waals surface area contributed by atoms with Crippen molar-refractivity contribution < 1.29 is 4.42 Å². The summed E-state index contributed by atoms with van der Waals surface area (Å²) in [4.78, 5) is 0. The average molecular weight is 303 g/mol. The molecule has 4 aromatic carbocycles. The van der Waals surface area contributed by atoms with E-state index >= 15 is 0 Å². The second-order valence-corrected chi connectivity index (χ2v) is 5.96. The maximum Gasteiger partial charge on any atom is 0.154 e. The van der Waals surface area contributed by atoms with E-state index < -0.39 is 0 Å². The number of hydrogen-bond acceptors (Lipinski definition) is 1. The van der Waals surface area contributed by atoms with Crippen LogP contribution in [0.5, 0.6) is 0 Å². The molecule has 0 unspecified atom stereocenters. The average Bonchev–Trinajstić information content (AvgIpc) is 2.96. The highest BCUT2D eigenvalue weighted by Gasteiger charge is 2.15. The van der Waals surface area contributed by atoms with Gasteiger partial charge in [-0.1, -0.05) is 66.2 Å². The molecule has 5 rings (SSSR count). The van der Waals surface area contributed by atoms with E-state index in [9.17, 15) is 0 Å². The molecule has 0 N–H and O–H groups in total. The summed E-state index contributed by atoms with van der Waals surface area (Å²) in [5.41, 5.74) is 1.68. The Hall–Kier alpha value is -2.51. The van der Waals surface area contributed by atoms with Gasteiger partial charge in [0, 0.05) is 16.2 Å². The van der Waals surface area contributed by atoms with Crippen molar-refractivity contribution in [3.8, 4) is 0 Å². The van der Waals surface area contributed by atoms with Gasteiger partial charge in [0.15, 0.2) is 5.58 Å². The van der Waals surface area contributed by atoms with E-state index in [4.69, 9.17) is 16.0 Å². The summed E-state index contributed by atoms with van der Waals surface area (Å²) in [7, 11) is 0. The van der Waals surface area contributed by atoms with Crippen LogP contribution in [-0.4, -0.2) is 0 Å². The lowest BCUT2D eigenvalue weighted by molar-refractivity contribution is 0.673. The first-order valence-corrected chi connectivity index (χ1v) is 7.62. The zero-order valence-corrected chi connectivity index (χ0v) is 12.4. The van der Waals surface area contributed by atoms with Crippen molar-refractivity contribution in [1.82, 2.24) is 0 Å². The van der Waals surface area contributed by atoms with Crippen molar-refractivity contribution in [3.05, 3.63) is 71.8 Å². The van der Waals surface area contributed by atoms with E-state index in [1.807, 2.05) is 24.3 Å². The zero-order valence-electron chi connectivity index (χ0n) is 11.6. The SMILES string of the molecule is Clc1cc2ccccc2c2c1oc1c3ccccc3ccc12. The first-order valence-electron chi connectivity index (χ1n) is 7.24. The van der Waals surface area contributed by atoms with E-state index in [2.05, 4.69) is 42.5 Å². The minimum absolute atomic E-state index is 0.661. The lowest BCUT2D eigenvalue weighted by Crippen LogP contribution is -1.76. The van der Waals surface area contributed by atoms with Gasteiger partial charge in [-0.3, -0.25) is 0 Å². The molecular formula is C20H11ClO. The van der Waals surface area contributed by atoms with Gasteiger partial charge < -0.3 is 4.42 Å². The normalized spacial score (nSPS) is 11.9. The third kappa shape index (κ3) is 1.49. The summed E-state index contributed by atoms with van der Waals surface area (Å²) in [5.74, 6) is 0. The zero-order chi connectivity index (χ0) is 14.7. The van der Waals surface area contributed by atoms with Gasteiger partial charge in [0.1, 0.15) is 5.58 Å². The molecule has 22 heavy (non-hydrogen) atoms. The molecule has 0 atom stereocenters. The highest BCUT2D eigenvalue weighted by Crippen LogP contribution is 2.41. The Balaban J connectivity index is 2.14. The lowest BCUT2D eigenvalue weighted by Gasteiger charge is -2.01. The summed E-state index contributed by atoms with van der Waals surface area (Å²) in [5, 5.41) is 7.49. The van der Waals surface area contributed by atoms with Gasteiger partial charge in [0.25, 0.3) is 0 Å². The van der Waals surface area contributed by atoms with Crippen molar-refractivity contribution in [2.24, 2.45) is 0 Å². The molecule has 0 aliphatic rings. The molecule has 1 heterocycles. The summed E-state index contributed by atoms with van der Waals surface area (Å²) in [6.45, 7) is 0. The number of hydrogen-bond donors (Lipinski definition) is 0.